The lowest BCUT2D eigenvalue weighted by Gasteiger charge is -1.96. The van der Waals surface area contributed by atoms with Gasteiger partial charge in [0.25, 0.3) is 5.22 Å². The molecule has 14 heavy (non-hydrogen) atoms. The van der Waals surface area contributed by atoms with Gasteiger partial charge in [0.2, 0.25) is 5.89 Å². The standard InChI is InChI=1S/C7H5BrN4OS/c1-4-11-12-7(13-4)14-6-5(8)2-9-3-10-6/h2-3H,1H3. The van der Waals surface area contributed by atoms with Crippen LogP contribution in [0, 0.1) is 6.92 Å². The minimum absolute atomic E-state index is 0.474. The van der Waals surface area contributed by atoms with E-state index in [1.54, 1.807) is 13.1 Å². The molecule has 0 unspecified atom stereocenters. The van der Waals surface area contributed by atoms with Gasteiger partial charge in [-0.15, -0.1) is 10.2 Å². The molecule has 0 radical (unpaired) electrons. The predicted molar refractivity (Wildman–Crippen MR) is 52.9 cm³/mol. The van der Waals surface area contributed by atoms with E-state index in [-0.39, 0.29) is 0 Å². The maximum atomic E-state index is 5.20. The lowest BCUT2D eigenvalue weighted by molar-refractivity contribution is 0.429. The monoisotopic (exact) mass is 272 g/mol. The van der Waals surface area contributed by atoms with Crippen LogP contribution in [0.15, 0.2) is 31.7 Å². The van der Waals surface area contributed by atoms with Gasteiger partial charge in [-0.05, 0) is 27.7 Å². The molecule has 2 rings (SSSR count). The molecule has 5 nitrogen and oxygen atoms in total. The van der Waals surface area contributed by atoms with E-state index in [9.17, 15) is 0 Å². The zero-order valence-electron chi connectivity index (χ0n) is 7.14. The van der Waals surface area contributed by atoms with E-state index in [4.69, 9.17) is 4.42 Å². The second-order valence-electron chi connectivity index (χ2n) is 2.36. The Morgan fingerprint density at radius 3 is 2.93 bits per heavy atom. The second-order valence-corrected chi connectivity index (χ2v) is 4.16. The fourth-order valence-electron chi connectivity index (χ4n) is 0.779. The first kappa shape index (κ1) is 9.60. The Labute approximate surface area is 92.5 Å². The Hall–Kier alpha value is -0.950. The summed E-state index contributed by atoms with van der Waals surface area (Å²) in [7, 11) is 0. The van der Waals surface area contributed by atoms with E-state index in [0.29, 0.717) is 11.1 Å². The van der Waals surface area contributed by atoms with Crippen molar-refractivity contribution < 1.29 is 4.42 Å². The number of rotatable bonds is 2. The summed E-state index contributed by atoms with van der Waals surface area (Å²) in [5, 5.41) is 8.79. The zero-order chi connectivity index (χ0) is 9.97. The van der Waals surface area contributed by atoms with E-state index in [2.05, 4.69) is 36.1 Å². The highest BCUT2D eigenvalue weighted by atomic mass is 79.9. The normalized spacial score (nSPS) is 10.4. The molecule has 0 bridgehead atoms. The quantitative estimate of drug-likeness (QED) is 0.780. The first-order chi connectivity index (χ1) is 6.75. The Morgan fingerprint density at radius 1 is 1.43 bits per heavy atom. The lowest BCUT2D eigenvalue weighted by atomic mass is 10.7. The molecule has 0 saturated heterocycles. The van der Waals surface area contributed by atoms with Gasteiger partial charge in [-0.1, -0.05) is 0 Å². The van der Waals surface area contributed by atoms with Gasteiger partial charge < -0.3 is 4.42 Å². The number of hydrogen-bond donors (Lipinski definition) is 0. The fraction of sp³-hybridized carbons (Fsp3) is 0.143. The fourth-order valence-corrected chi connectivity index (χ4v) is 1.90. The number of hydrogen-bond acceptors (Lipinski definition) is 6. The molecule has 0 spiro atoms. The maximum Gasteiger partial charge on any atom is 0.282 e. The lowest BCUT2D eigenvalue weighted by Crippen LogP contribution is -1.83. The molecule has 0 aromatic carbocycles. The maximum absolute atomic E-state index is 5.20. The molecule has 72 valence electrons. The smallest absolute Gasteiger partial charge is 0.282 e. The molecule has 0 amide bonds. The Kier molecular flexibility index (Phi) is 2.78. The van der Waals surface area contributed by atoms with Crippen LogP contribution in [-0.4, -0.2) is 20.2 Å². The molecule has 0 aliphatic rings. The highest BCUT2D eigenvalue weighted by molar-refractivity contribution is 9.10. The third-order valence-corrected chi connectivity index (χ3v) is 3.03. The highest BCUT2D eigenvalue weighted by Gasteiger charge is 2.08. The summed E-state index contributed by atoms with van der Waals surface area (Å²) < 4.78 is 6.01. The molecule has 0 saturated carbocycles. The van der Waals surface area contributed by atoms with Crippen molar-refractivity contribution in [2.75, 3.05) is 0 Å². The van der Waals surface area contributed by atoms with Crippen molar-refractivity contribution in [3.8, 4) is 0 Å². The average molecular weight is 273 g/mol. The molecule has 2 aromatic rings. The van der Waals surface area contributed by atoms with Crippen LogP contribution < -0.4 is 0 Å². The third-order valence-electron chi connectivity index (χ3n) is 1.33. The summed E-state index contributed by atoms with van der Waals surface area (Å²) in [5.74, 6) is 0.540. The molecule has 2 heterocycles. The molecule has 0 aliphatic carbocycles. The van der Waals surface area contributed by atoms with E-state index in [1.807, 2.05) is 0 Å². The number of nitrogens with zero attached hydrogens (tertiary/aromatic N) is 4. The molecule has 0 aliphatic heterocycles. The predicted octanol–water partition coefficient (Wildman–Crippen LogP) is 2.08. The summed E-state index contributed by atoms with van der Waals surface area (Å²) >= 11 is 4.62. The summed E-state index contributed by atoms with van der Waals surface area (Å²) in [4.78, 5) is 7.91. The second kappa shape index (κ2) is 4.05. The van der Waals surface area contributed by atoms with Crippen molar-refractivity contribution >= 4 is 27.7 Å². The molecule has 0 N–H and O–H groups in total. The zero-order valence-corrected chi connectivity index (χ0v) is 9.54. The number of halogens is 1. The molecule has 2 aromatic heterocycles. The van der Waals surface area contributed by atoms with E-state index >= 15 is 0 Å². The van der Waals surface area contributed by atoms with Gasteiger partial charge in [0.1, 0.15) is 11.4 Å². The SMILES string of the molecule is Cc1nnc(Sc2ncncc2Br)o1. The van der Waals surface area contributed by atoms with Gasteiger partial charge in [-0.25, -0.2) is 9.97 Å². The Bertz CT molecular complexity index is 447. The van der Waals surface area contributed by atoms with Crippen LogP contribution in [0.25, 0.3) is 0 Å². The first-order valence-electron chi connectivity index (χ1n) is 3.69. The first-order valence-corrected chi connectivity index (χ1v) is 5.30. The van der Waals surface area contributed by atoms with Gasteiger partial charge in [-0.2, -0.15) is 0 Å². The van der Waals surface area contributed by atoms with Crippen LogP contribution in [0.4, 0.5) is 0 Å². The van der Waals surface area contributed by atoms with E-state index < -0.39 is 0 Å². The molecule has 0 atom stereocenters. The average Bonchev–Trinajstić information content (AvgIpc) is 2.56. The van der Waals surface area contributed by atoms with E-state index in [1.165, 1.54) is 18.1 Å². The van der Waals surface area contributed by atoms with Crippen LogP contribution in [0.2, 0.25) is 0 Å². The highest BCUT2D eigenvalue weighted by Crippen LogP contribution is 2.29. The van der Waals surface area contributed by atoms with Gasteiger partial charge in [0, 0.05) is 13.1 Å². The van der Waals surface area contributed by atoms with Crippen molar-refractivity contribution in [3.63, 3.8) is 0 Å². The summed E-state index contributed by atoms with van der Waals surface area (Å²) in [6.07, 6.45) is 3.13. The third kappa shape index (κ3) is 2.10. The van der Waals surface area contributed by atoms with Crippen LogP contribution in [0.5, 0.6) is 0 Å². The van der Waals surface area contributed by atoms with Gasteiger partial charge in [0.05, 0.1) is 4.47 Å². The van der Waals surface area contributed by atoms with Crippen LogP contribution >= 0.6 is 27.7 Å². The van der Waals surface area contributed by atoms with Gasteiger partial charge >= 0.3 is 0 Å². The molecular weight excluding hydrogens is 268 g/mol. The summed E-state index contributed by atoms with van der Waals surface area (Å²) in [6, 6.07) is 0. The van der Waals surface area contributed by atoms with Crippen molar-refractivity contribution in [2.45, 2.75) is 17.2 Å². The Morgan fingerprint density at radius 2 is 2.29 bits per heavy atom. The van der Waals surface area contributed by atoms with Crippen LogP contribution in [0.3, 0.4) is 0 Å². The minimum Gasteiger partial charge on any atom is -0.416 e. The number of aromatic nitrogens is 4. The van der Waals surface area contributed by atoms with Gasteiger partial charge in [-0.3, -0.25) is 0 Å². The topological polar surface area (TPSA) is 64.7 Å². The summed E-state index contributed by atoms with van der Waals surface area (Å²) in [5.41, 5.74) is 0. The van der Waals surface area contributed by atoms with Crippen molar-refractivity contribution in [1.82, 2.24) is 20.2 Å². The molecular formula is C7H5BrN4OS. The van der Waals surface area contributed by atoms with Gasteiger partial charge in [0.15, 0.2) is 0 Å². The van der Waals surface area contributed by atoms with Crippen molar-refractivity contribution in [1.29, 1.82) is 0 Å². The van der Waals surface area contributed by atoms with Crippen molar-refractivity contribution in [3.05, 3.63) is 22.9 Å². The van der Waals surface area contributed by atoms with E-state index in [0.717, 1.165) is 9.50 Å². The Balaban J connectivity index is 2.23. The largest absolute Gasteiger partial charge is 0.416 e. The van der Waals surface area contributed by atoms with Crippen molar-refractivity contribution in [2.24, 2.45) is 0 Å². The number of aryl methyl sites for hydroxylation is 1. The van der Waals surface area contributed by atoms with Crippen LogP contribution in [-0.2, 0) is 0 Å². The minimum atomic E-state index is 0.474. The summed E-state index contributed by atoms with van der Waals surface area (Å²) in [6.45, 7) is 1.74. The van der Waals surface area contributed by atoms with Crippen LogP contribution in [0.1, 0.15) is 5.89 Å². The molecule has 7 heteroatoms. The molecule has 0 fully saturated rings.